The number of rotatable bonds is 3. The molecular formula is C14H21NO3S. The first-order chi connectivity index (χ1) is 8.87. The Morgan fingerprint density at radius 3 is 2.89 bits per heavy atom. The van der Waals surface area contributed by atoms with Crippen LogP contribution in [-0.2, 0) is 6.54 Å². The molecule has 0 unspecified atom stereocenters. The molecule has 0 saturated carbocycles. The number of thioether (sulfide) groups is 1. The number of aromatic carboxylic acids is 1. The first-order valence-electron chi connectivity index (χ1n) is 6.56. The van der Waals surface area contributed by atoms with Gasteiger partial charge in [0.25, 0.3) is 0 Å². The summed E-state index contributed by atoms with van der Waals surface area (Å²) in [6, 6.07) is 1.65. The molecule has 0 aliphatic carbocycles. The summed E-state index contributed by atoms with van der Waals surface area (Å²) in [6.07, 6.45) is 1.15. The highest BCUT2D eigenvalue weighted by Gasteiger charge is 2.24. The molecule has 19 heavy (non-hydrogen) atoms. The van der Waals surface area contributed by atoms with Crippen molar-refractivity contribution < 1.29 is 14.3 Å². The second-order valence-corrected chi connectivity index (χ2v) is 7.43. The van der Waals surface area contributed by atoms with E-state index in [2.05, 4.69) is 18.7 Å². The van der Waals surface area contributed by atoms with Crippen LogP contribution in [0.2, 0.25) is 0 Å². The van der Waals surface area contributed by atoms with Gasteiger partial charge in [-0.25, -0.2) is 4.79 Å². The minimum atomic E-state index is -0.998. The van der Waals surface area contributed by atoms with Gasteiger partial charge < -0.3 is 9.52 Å². The van der Waals surface area contributed by atoms with Crippen molar-refractivity contribution in [2.75, 3.05) is 18.8 Å². The van der Waals surface area contributed by atoms with Gasteiger partial charge in [-0.05, 0) is 26.0 Å². The summed E-state index contributed by atoms with van der Waals surface area (Å²) in [4.78, 5) is 13.3. The monoisotopic (exact) mass is 283 g/mol. The number of carboxylic acid groups (broad SMARTS) is 1. The van der Waals surface area contributed by atoms with Crippen molar-refractivity contribution in [1.29, 1.82) is 0 Å². The molecule has 0 bridgehead atoms. The molecule has 0 amide bonds. The predicted octanol–water partition coefficient (Wildman–Crippen LogP) is 3.00. The highest BCUT2D eigenvalue weighted by molar-refractivity contribution is 8.00. The Hall–Kier alpha value is -0.940. The summed E-state index contributed by atoms with van der Waals surface area (Å²) < 4.78 is 5.60. The lowest BCUT2D eigenvalue weighted by molar-refractivity contribution is 0.0661. The molecule has 1 aliphatic rings. The van der Waals surface area contributed by atoms with Gasteiger partial charge in [0.05, 0.1) is 0 Å². The van der Waals surface area contributed by atoms with Crippen LogP contribution in [0.15, 0.2) is 10.5 Å². The molecule has 1 aromatic rings. The maximum atomic E-state index is 10.9. The van der Waals surface area contributed by atoms with E-state index in [-0.39, 0.29) is 5.76 Å². The minimum absolute atomic E-state index is 0.0389. The van der Waals surface area contributed by atoms with Gasteiger partial charge in [-0.15, -0.1) is 0 Å². The normalized spacial score (nSPS) is 20.2. The molecule has 5 heteroatoms. The summed E-state index contributed by atoms with van der Waals surface area (Å²) in [5.41, 5.74) is 0.988. The fraction of sp³-hybridized carbons (Fsp3) is 0.643. The lowest BCUT2D eigenvalue weighted by atomic mass is 10.1. The van der Waals surface area contributed by atoms with Crippen LogP contribution in [-0.4, -0.2) is 39.6 Å². The largest absolute Gasteiger partial charge is 0.475 e. The molecule has 2 heterocycles. The average molecular weight is 283 g/mol. The predicted molar refractivity (Wildman–Crippen MR) is 76.8 cm³/mol. The van der Waals surface area contributed by atoms with Crippen molar-refractivity contribution in [3.05, 3.63) is 23.2 Å². The Bertz CT molecular complexity index is 467. The molecule has 1 fully saturated rings. The highest BCUT2D eigenvalue weighted by Crippen LogP contribution is 2.31. The molecule has 4 nitrogen and oxygen atoms in total. The molecule has 0 radical (unpaired) electrons. The smallest absolute Gasteiger partial charge is 0.371 e. The van der Waals surface area contributed by atoms with Crippen LogP contribution in [0.25, 0.3) is 0 Å². The van der Waals surface area contributed by atoms with Gasteiger partial charge >= 0.3 is 5.97 Å². The van der Waals surface area contributed by atoms with Crippen molar-refractivity contribution in [2.45, 2.75) is 38.5 Å². The number of nitrogens with zero attached hydrogens (tertiary/aromatic N) is 1. The summed E-state index contributed by atoms with van der Waals surface area (Å²) in [7, 11) is 0. The van der Waals surface area contributed by atoms with Crippen LogP contribution in [0, 0.1) is 6.92 Å². The van der Waals surface area contributed by atoms with Gasteiger partial charge in [0, 0.05) is 29.2 Å². The first kappa shape index (κ1) is 14.5. The molecule has 2 rings (SSSR count). The summed E-state index contributed by atoms with van der Waals surface area (Å²) in [5.74, 6) is 0.878. The van der Waals surface area contributed by atoms with E-state index in [9.17, 15) is 4.79 Å². The van der Waals surface area contributed by atoms with E-state index in [1.54, 1.807) is 6.07 Å². The lowest BCUT2D eigenvalue weighted by Crippen LogP contribution is -2.26. The number of carbonyl (C=O) groups is 1. The lowest BCUT2D eigenvalue weighted by Gasteiger charge is -2.22. The zero-order valence-corrected chi connectivity index (χ0v) is 12.5. The summed E-state index contributed by atoms with van der Waals surface area (Å²) >= 11 is 2.01. The van der Waals surface area contributed by atoms with Crippen molar-refractivity contribution >= 4 is 17.7 Å². The van der Waals surface area contributed by atoms with E-state index >= 15 is 0 Å². The molecule has 0 aromatic carbocycles. The topological polar surface area (TPSA) is 53.7 Å². The van der Waals surface area contributed by atoms with E-state index in [1.165, 1.54) is 0 Å². The quantitative estimate of drug-likeness (QED) is 0.924. The third-order valence-electron chi connectivity index (χ3n) is 3.56. The fourth-order valence-electron chi connectivity index (χ4n) is 2.24. The molecule has 1 aliphatic heterocycles. The van der Waals surface area contributed by atoms with Gasteiger partial charge in [0.15, 0.2) is 0 Å². The molecule has 0 spiro atoms. The van der Waals surface area contributed by atoms with Gasteiger partial charge in [-0.1, -0.05) is 13.8 Å². The number of carboxylic acids is 1. The van der Waals surface area contributed by atoms with Crippen molar-refractivity contribution in [3.8, 4) is 0 Å². The van der Waals surface area contributed by atoms with Crippen LogP contribution >= 0.6 is 11.8 Å². The van der Waals surface area contributed by atoms with Crippen LogP contribution < -0.4 is 0 Å². The van der Waals surface area contributed by atoms with E-state index in [0.717, 1.165) is 37.4 Å². The van der Waals surface area contributed by atoms with Crippen molar-refractivity contribution in [2.24, 2.45) is 0 Å². The maximum Gasteiger partial charge on any atom is 0.371 e. The third-order valence-corrected chi connectivity index (χ3v) is 4.93. The Labute approximate surface area is 118 Å². The maximum absolute atomic E-state index is 10.9. The Morgan fingerprint density at radius 2 is 2.26 bits per heavy atom. The average Bonchev–Trinajstić information content (AvgIpc) is 2.58. The second-order valence-electron chi connectivity index (χ2n) is 5.63. The zero-order valence-electron chi connectivity index (χ0n) is 11.7. The highest BCUT2D eigenvalue weighted by atomic mass is 32.2. The van der Waals surface area contributed by atoms with E-state index in [0.29, 0.717) is 10.5 Å². The van der Waals surface area contributed by atoms with E-state index in [4.69, 9.17) is 9.52 Å². The molecule has 1 saturated heterocycles. The minimum Gasteiger partial charge on any atom is -0.475 e. The fourth-order valence-corrected chi connectivity index (χ4v) is 3.38. The van der Waals surface area contributed by atoms with Crippen LogP contribution in [0.1, 0.15) is 42.1 Å². The standard InChI is InChI=1S/C14H21NO3S/c1-10-11(8-12(18-10)13(16)17)9-15-5-4-14(2,3)19-7-6-15/h8H,4-7,9H2,1-3H3,(H,16,17). The van der Waals surface area contributed by atoms with Crippen molar-refractivity contribution in [3.63, 3.8) is 0 Å². The number of aryl methyl sites for hydroxylation is 1. The summed E-state index contributed by atoms with van der Waals surface area (Å²) in [5, 5.41) is 8.93. The SMILES string of the molecule is Cc1oc(C(=O)O)cc1CN1CCSC(C)(C)CC1. The number of furan rings is 1. The van der Waals surface area contributed by atoms with Gasteiger partial charge in [0.1, 0.15) is 5.76 Å². The van der Waals surface area contributed by atoms with E-state index < -0.39 is 5.97 Å². The third kappa shape index (κ3) is 3.76. The van der Waals surface area contributed by atoms with E-state index in [1.807, 2.05) is 18.7 Å². The molecule has 1 aromatic heterocycles. The second kappa shape index (κ2) is 5.59. The summed E-state index contributed by atoms with van der Waals surface area (Å²) in [6.45, 7) is 9.27. The first-order valence-corrected chi connectivity index (χ1v) is 7.55. The van der Waals surface area contributed by atoms with Crippen LogP contribution in [0.3, 0.4) is 0 Å². The van der Waals surface area contributed by atoms with Crippen LogP contribution in [0.4, 0.5) is 0 Å². The number of hydrogen-bond acceptors (Lipinski definition) is 4. The Morgan fingerprint density at radius 1 is 1.53 bits per heavy atom. The van der Waals surface area contributed by atoms with Crippen LogP contribution in [0.5, 0.6) is 0 Å². The molecule has 0 atom stereocenters. The molecule has 1 N–H and O–H groups in total. The van der Waals surface area contributed by atoms with Crippen molar-refractivity contribution in [1.82, 2.24) is 4.90 Å². The van der Waals surface area contributed by atoms with Gasteiger partial charge in [0.2, 0.25) is 5.76 Å². The Balaban J connectivity index is 2.03. The number of hydrogen-bond donors (Lipinski definition) is 1. The Kier molecular flexibility index (Phi) is 4.26. The zero-order chi connectivity index (χ0) is 14.0. The van der Waals surface area contributed by atoms with Gasteiger partial charge in [-0.2, -0.15) is 11.8 Å². The molecule has 106 valence electrons. The van der Waals surface area contributed by atoms with Gasteiger partial charge in [-0.3, -0.25) is 4.90 Å². The molecular weight excluding hydrogens is 262 g/mol.